The van der Waals surface area contributed by atoms with Crippen molar-refractivity contribution in [3.05, 3.63) is 29.3 Å². The van der Waals surface area contributed by atoms with Crippen molar-refractivity contribution in [2.24, 2.45) is 0 Å². The van der Waals surface area contributed by atoms with Crippen LogP contribution < -0.4 is 10.6 Å². The molecule has 10 heteroatoms. The molecule has 0 aliphatic rings. The van der Waals surface area contributed by atoms with E-state index in [1.165, 1.54) is 39.2 Å². The predicted molar refractivity (Wildman–Crippen MR) is 103 cm³/mol. The van der Waals surface area contributed by atoms with Gasteiger partial charge in [-0.15, -0.1) is 0 Å². The number of hydrogen-bond acceptors (Lipinski definition) is 6. The molecule has 1 aromatic rings. The van der Waals surface area contributed by atoms with Gasteiger partial charge in [-0.05, 0) is 38.0 Å². The van der Waals surface area contributed by atoms with Crippen molar-refractivity contribution in [2.45, 2.75) is 38.1 Å². The standard InChI is InChI=1S/C18H27N3O6S/c1-6-9-19-17(23)13(3)20-16(22)11-27-18(24)15-10-14(8-7-12(15)2)28(25,26)21(4)5/h7-8,10,13H,6,9,11H2,1-5H3,(H,19,23)(H,20,22)/t13-/m0/s1. The molecule has 0 radical (unpaired) electrons. The maximum atomic E-state index is 12.3. The van der Waals surface area contributed by atoms with Gasteiger partial charge in [0.1, 0.15) is 6.04 Å². The van der Waals surface area contributed by atoms with Crippen LogP contribution >= 0.6 is 0 Å². The number of benzene rings is 1. The Hall–Kier alpha value is -2.46. The van der Waals surface area contributed by atoms with Crippen LogP contribution in [0.25, 0.3) is 0 Å². The monoisotopic (exact) mass is 413 g/mol. The highest BCUT2D eigenvalue weighted by molar-refractivity contribution is 7.89. The van der Waals surface area contributed by atoms with Crippen molar-refractivity contribution in [3.8, 4) is 0 Å². The maximum Gasteiger partial charge on any atom is 0.338 e. The molecule has 0 heterocycles. The summed E-state index contributed by atoms with van der Waals surface area (Å²) in [6, 6.07) is 3.33. The zero-order valence-corrected chi connectivity index (χ0v) is 17.6. The average Bonchev–Trinajstić information content (AvgIpc) is 2.63. The predicted octanol–water partition coefficient (Wildman–Crippen LogP) is 0.433. The second kappa shape index (κ2) is 10.2. The van der Waals surface area contributed by atoms with Crippen molar-refractivity contribution in [1.29, 1.82) is 0 Å². The van der Waals surface area contributed by atoms with E-state index in [1.54, 1.807) is 6.92 Å². The number of amides is 2. The highest BCUT2D eigenvalue weighted by atomic mass is 32.2. The Balaban J connectivity index is 2.76. The Morgan fingerprint density at radius 2 is 1.86 bits per heavy atom. The van der Waals surface area contributed by atoms with E-state index < -0.39 is 34.5 Å². The van der Waals surface area contributed by atoms with Gasteiger partial charge in [0.15, 0.2) is 6.61 Å². The number of nitrogens with zero attached hydrogens (tertiary/aromatic N) is 1. The first kappa shape index (κ1) is 23.6. The molecule has 0 aliphatic heterocycles. The summed E-state index contributed by atoms with van der Waals surface area (Å²) in [5.74, 6) is -1.80. The molecule has 0 saturated heterocycles. The van der Waals surface area contributed by atoms with E-state index >= 15 is 0 Å². The van der Waals surface area contributed by atoms with Crippen molar-refractivity contribution in [2.75, 3.05) is 27.2 Å². The van der Waals surface area contributed by atoms with E-state index in [0.717, 1.165) is 10.7 Å². The van der Waals surface area contributed by atoms with Crippen LogP contribution in [0.3, 0.4) is 0 Å². The van der Waals surface area contributed by atoms with E-state index in [1.807, 2.05) is 6.92 Å². The molecule has 1 rings (SSSR count). The van der Waals surface area contributed by atoms with Crippen LogP contribution in [0.4, 0.5) is 0 Å². The first-order valence-corrected chi connectivity index (χ1v) is 10.2. The molecule has 1 aromatic carbocycles. The minimum Gasteiger partial charge on any atom is -0.452 e. The van der Waals surface area contributed by atoms with Gasteiger partial charge in [-0.25, -0.2) is 17.5 Å². The molecular formula is C18H27N3O6S. The molecule has 0 bridgehead atoms. The molecule has 2 N–H and O–H groups in total. The van der Waals surface area contributed by atoms with Crippen LogP contribution in [-0.2, 0) is 24.3 Å². The highest BCUT2D eigenvalue weighted by Crippen LogP contribution is 2.18. The lowest BCUT2D eigenvalue weighted by Crippen LogP contribution is -2.46. The molecule has 0 saturated carbocycles. The molecule has 9 nitrogen and oxygen atoms in total. The molecule has 0 aliphatic carbocycles. The zero-order valence-electron chi connectivity index (χ0n) is 16.7. The summed E-state index contributed by atoms with van der Waals surface area (Å²) in [4.78, 5) is 35.9. The van der Waals surface area contributed by atoms with Gasteiger partial charge >= 0.3 is 5.97 Å². The van der Waals surface area contributed by atoms with Crippen molar-refractivity contribution < 1.29 is 27.5 Å². The molecule has 1 atom stereocenters. The Morgan fingerprint density at radius 1 is 1.21 bits per heavy atom. The first-order valence-electron chi connectivity index (χ1n) is 8.78. The lowest BCUT2D eigenvalue weighted by molar-refractivity contribution is -0.130. The Morgan fingerprint density at radius 3 is 2.43 bits per heavy atom. The highest BCUT2D eigenvalue weighted by Gasteiger charge is 2.22. The van der Waals surface area contributed by atoms with Crippen LogP contribution in [0, 0.1) is 6.92 Å². The van der Waals surface area contributed by atoms with Crippen molar-refractivity contribution >= 4 is 27.8 Å². The van der Waals surface area contributed by atoms with E-state index in [0.29, 0.717) is 12.1 Å². The van der Waals surface area contributed by atoms with Crippen LogP contribution in [0.2, 0.25) is 0 Å². The van der Waals surface area contributed by atoms with Crippen LogP contribution in [0.5, 0.6) is 0 Å². The van der Waals surface area contributed by atoms with Gasteiger partial charge in [-0.3, -0.25) is 9.59 Å². The molecule has 0 fully saturated rings. The van der Waals surface area contributed by atoms with Gasteiger partial charge in [0.05, 0.1) is 10.5 Å². The second-order valence-electron chi connectivity index (χ2n) is 6.42. The van der Waals surface area contributed by atoms with Gasteiger partial charge in [-0.1, -0.05) is 13.0 Å². The summed E-state index contributed by atoms with van der Waals surface area (Å²) >= 11 is 0. The van der Waals surface area contributed by atoms with Gasteiger partial charge in [-0.2, -0.15) is 0 Å². The van der Waals surface area contributed by atoms with E-state index in [2.05, 4.69) is 10.6 Å². The van der Waals surface area contributed by atoms with Gasteiger partial charge < -0.3 is 15.4 Å². The largest absolute Gasteiger partial charge is 0.452 e. The smallest absolute Gasteiger partial charge is 0.338 e. The molecule has 0 aromatic heterocycles. The van der Waals surface area contributed by atoms with Crippen LogP contribution in [0.1, 0.15) is 36.2 Å². The number of nitrogens with one attached hydrogen (secondary N) is 2. The van der Waals surface area contributed by atoms with Crippen molar-refractivity contribution in [3.63, 3.8) is 0 Å². The normalized spacial score (nSPS) is 12.4. The SMILES string of the molecule is CCCNC(=O)[C@H](C)NC(=O)COC(=O)c1cc(S(=O)(=O)N(C)C)ccc1C. The van der Waals surface area contributed by atoms with Crippen LogP contribution in [-0.4, -0.2) is 63.8 Å². The Labute approximate surface area is 165 Å². The van der Waals surface area contributed by atoms with E-state index in [-0.39, 0.29) is 16.4 Å². The number of rotatable bonds is 9. The third-order valence-corrected chi connectivity index (χ3v) is 5.67. The number of aryl methyl sites for hydroxylation is 1. The minimum absolute atomic E-state index is 0.0458. The number of hydrogen-bond donors (Lipinski definition) is 2. The zero-order chi connectivity index (χ0) is 21.5. The fraction of sp³-hybridized carbons (Fsp3) is 0.500. The third-order valence-electron chi connectivity index (χ3n) is 3.86. The summed E-state index contributed by atoms with van der Waals surface area (Å²) in [5, 5.41) is 5.07. The summed E-state index contributed by atoms with van der Waals surface area (Å²) in [6.07, 6.45) is 0.770. The number of carbonyl (C=O) groups excluding carboxylic acids is 3. The molecular weight excluding hydrogens is 386 g/mol. The second-order valence-corrected chi connectivity index (χ2v) is 8.57. The molecule has 156 valence electrons. The first-order chi connectivity index (χ1) is 13.0. The summed E-state index contributed by atoms with van der Waals surface area (Å²) in [7, 11) is -0.944. The summed E-state index contributed by atoms with van der Waals surface area (Å²) in [6.45, 7) is 4.96. The Kier molecular flexibility index (Phi) is 8.58. The van der Waals surface area contributed by atoms with Crippen LogP contribution in [0.15, 0.2) is 23.1 Å². The topological polar surface area (TPSA) is 122 Å². The number of esters is 1. The van der Waals surface area contributed by atoms with E-state index in [4.69, 9.17) is 4.74 Å². The molecule has 0 spiro atoms. The molecule has 28 heavy (non-hydrogen) atoms. The fourth-order valence-corrected chi connectivity index (χ4v) is 3.08. The average molecular weight is 413 g/mol. The van der Waals surface area contributed by atoms with Gasteiger partial charge in [0.25, 0.3) is 5.91 Å². The summed E-state index contributed by atoms with van der Waals surface area (Å²) < 4.78 is 30.4. The number of sulfonamides is 1. The molecule has 2 amide bonds. The lowest BCUT2D eigenvalue weighted by Gasteiger charge is -2.15. The number of carbonyl (C=O) groups is 3. The van der Waals surface area contributed by atoms with E-state index in [9.17, 15) is 22.8 Å². The minimum atomic E-state index is -3.71. The van der Waals surface area contributed by atoms with Gasteiger partial charge in [0.2, 0.25) is 15.9 Å². The Bertz CT molecular complexity index is 836. The lowest BCUT2D eigenvalue weighted by atomic mass is 10.1. The third kappa shape index (κ3) is 6.31. The molecule has 0 unspecified atom stereocenters. The van der Waals surface area contributed by atoms with Crippen molar-refractivity contribution in [1.82, 2.24) is 14.9 Å². The summed E-state index contributed by atoms with van der Waals surface area (Å²) in [5.41, 5.74) is 0.555. The fourth-order valence-electron chi connectivity index (χ4n) is 2.15. The number of ether oxygens (including phenoxy) is 1. The maximum absolute atomic E-state index is 12.3. The quantitative estimate of drug-likeness (QED) is 0.566. The van der Waals surface area contributed by atoms with Gasteiger partial charge in [0, 0.05) is 20.6 Å².